The van der Waals surface area contributed by atoms with Crippen molar-refractivity contribution in [1.29, 1.82) is 0 Å². The van der Waals surface area contributed by atoms with Gasteiger partial charge < -0.3 is 15.3 Å². The number of carboxylic acid groups (broad SMARTS) is 1. The van der Waals surface area contributed by atoms with Crippen molar-refractivity contribution < 1.29 is 19.5 Å². The van der Waals surface area contributed by atoms with Crippen molar-refractivity contribution in [3.05, 3.63) is 58.1 Å². The Kier molecular flexibility index (Phi) is 8.71. The lowest BCUT2D eigenvalue weighted by Gasteiger charge is -2.31. The number of aliphatic carboxylic acids is 1. The Hall–Kier alpha value is -2.62. The van der Waals surface area contributed by atoms with E-state index < -0.39 is 12.0 Å². The van der Waals surface area contributed by atoms with Crippen LogP contribution in [0.15, 0.2) is 41.7 Å². The first-order valence-corrected chi connectivity index (χ1v) is 11.4. The summed E-state index contributed by atoms with van der Waals surface area (Å²) < 4.78 is 0. The second-order valence-electron chi connectivity index (χ2n) is 7.54. The maximum absolute atomic E-state index is 12.6. The molecule has 0 aliphatic carbocycles. The van der Waals surface area contributed by atoms with E-state index >= 15 is 0 Å². The molecule has 2 amide bonds. The molecule has 174 valence electrons. The van der Waals surface area contributed by atoms with Crippen molar-refractivity contribution in [1.82, 2.24) is 20.2 Å². The molecule has 1 atom stereocenters. The quantitative estimate of drug-likeness (QED) is 0.391. The van der Waals surface area contributed by atoms with Gasteiger partial charge in [-0.3, -0.25) is 9.59 Å². The molecule has 3 rings (SSSR count). The fourth-order valence-corrected chi connectivity index (χ4v) is 4.10. The second kappa shape index (κ2) is 11.5. The van der Waals surface area contributed by atoms with Crippen LogP contribution in [0.1, 0.15) is 24.1 Å². The summed E-state index contributed by atoms with van der Waals surface area (Å²) in [5.41, 5.74) is 1.13. The third-order valence-electron chi connectivity index (χ3n) is 5.35. The van der Waals surface area contributed by atoms with Gasteiger partial charge in [0.25, 0.3) is 0 Å². The van der Waals surface area contributed by atoms with E-state index in [1.165, 1.54) is 18.6 Å². The van der Waals surface area contributed by atoms with Gasteiger partial charge in [0.2, 0.25) is 11.8 Å². The van der Waals surface area contributed by atoms with E-state index in [2.05, 4.69) is 27.9 Å². The van der Waals surface area contributed by atoms with Crippen LogP contribution in [0, 0.1) is 5.92 Å². The molecule has 0 radical (unpaired) electrons. The second-order valence-corrected chi connectivity index (χ2v) is 8.78. The lowest BCUT2D eigenvalue weighted by molar-refractivity contribution is -0.142. The van der Waals surface area contributed by atoms with E-state index in [9.17, 15) is 19.5 Å². The fraction of sp³-hybridized carbons (Fsp3) is 0.318. The third-order valence-corrected chi connectivity index (χ3v) is 6.75. The molecular weight excluding hydrogens is 487 g/mol. The minimum Gasteiger partial charge on any atom is -0.480 e. The van der Waals surface area contributed by atoms with Crippen LogP contribution in [-0.2, 0) is 20.8 Å². The molecular formula is C22H22Cl2N4O4S. The van der Waals surface area contributed by atoms with Gasteiger partial charge in [0.15, 0.2) is 0 Å². The predicted octanol–water partition coefficient (Wildman–Crippen LogP) is 3.14. The number of amides is 2. The Labute approximate surface area is 206 Å². The average molecular weight is 509 g/mol. The first-order valence-electron chi connectivity index (χ1n) is 10.2. The van der Waals surface area contributed by atoms with Crippen LogP contribution in [0.2, 0.25) is 10.0 Å². The number of carbonyl (C=O) groups excluding carboxylic acids is 2. The Morgan fingerprint density at radius 1 is 1.21 bits per heavy atom. The fourth-order valence-electron chi connectivity index (χ4n) is 3.45. The van der Waals surface area contributed by atoms with Crippen LogP contribution >= 0.6 is 35.8 Å². The number of likely N-dealkylation sites (tertiary alicyclic amines) is 1. The molecule has 8 nitrogen and oxygen atoms in total. The van der Waals surface area contributed by atoms with Gasteiger partial charge in [0.05, 0.1) is 10.0 Å². The Bertz CT molecular complexity index is 1060. The molecule has 0 bridgehead atoms. The summed E-state index contributed by atoms with van der Waals surface area (Å²) in [4.78, 5) is 46.7. The summed E-state index contributed by atoms with van der Waals surface area (Å²) in [6.45, 7) is 0.768. The molecule has 33 heavy (non-hydrogen) atoms. The van der Waals surface area contributed by atoms with Gasteiger partial charge in [0.1, 0.15) is 12.4 Å². The van der Waals surface area contributed by atoms with Crippen molar-refractivity contribution in [2.24, 2.45) is 5.92 Å². The molecule has 1 fully saturated rings. The van der Waals surface area contributed by atoms with Gasteiger partial charge in [0, 0.05) is 48.3 Å². The highest BCUT2D eigenvalue weighted by Crippen LogP contribution is 2.32. The van der Waals surface area contributed by atoms with Gasteiger partial charge in [-0.1, -0.05) is 29.3 Å². The lowest BCUT2D eigenvalue weighted by Crippen LogP contribution is -2.48. The Balaban J connectivity index is 1.53. The van der Waals surface area contributed by atoms with E-state index in [4.69, 9.17) is 23.2 Å². The molecule has 1 aromatic carbocycles. The molecule has 1 unspecified atom stereocenters. The van der Waals surface area contributed by atoms with Crippen molar-refractivity contribution in [3.63, 3.8) is 0 Å². The zero-order valence-electron chi connectivity index (χ0n) is 17.4. The highest BCUT2D eigenvalue weighted by Gasteiger charge is 2.30. The normalized spacial score (nSPS) is 15.4. The van der Waals surface area contributed by atoms with Gasteiger partial charge in [-0.25, -0.2) is 14.8 Å². The minimum absolute atomic E-state index is 0.0620. The Morgan fingerprint density at radius 3 is 2.58 bits per heavy atom. The van der Waals surface area contributed by atoms with Gasteiger partial charge in [-0.2, -0.15) is 0 Å². The monoisotopic (exact) mass is 508 g/mol. The van der Waals surface area contributed by atoms with Crippen LogP contribution in [0.5, 0.6) is 0 Å². The van der Waals surface area contributed by atoms with Crippen LogP contribution < -0.4 is 5.32 Å². The first kappa shape index (κ1) is 25.0. The van der Waals surface area contributed by atoms with Crippen LogP contribution in [0.3, 0.4) is 0 Å². The summed E-state index contributed by atoms with van der Waals surface area (Å²) in [6, 6.07) is 3.93. The van der Waals surface area contributed by atoms with Crippen LogP contribution in [0.25, 0.3) is 6.08 Å². The van der Waals surface area contributed by atoms with E-state index in [0.717, 1.165) is 0 Å². The summed E-state index contributed by atoms with van der Waals surface area (Å²) in [5.74, 6) is -2.05. The number of carbonyl (C=O) groups is 3. The zero-order chi connectivity index (χ0) is 24.0. The smallest absolute Gasteiger partial charge is 0.326 e. The molecule has 11 heteroatoms. The van der Waals surface area contributed by atoms with Crippen molar-refractivity contribution in [2.75, 3.05) is 13.1 Å². The number of carboxylic acids is 1. The number of benzene rings is 1. The average Bonchev–Trinajstić information content (AvgIpc) is 2.82. The standard InChI is InChI=1S/C22H22Cl2N4O4S/c23-19-13(1-3-17(33)20(19)24)2-4-18(29)28-9-6-14(7-10-28)21(30)27-16(22(31)32)11-15-5-8-25-12-26-15/h1-5,8,12,14,16,33H,6-7,9-11H2,(H,27,30)(H,31,32)/b4-2+. The minimum atomic E-state index is -1.13. The van der Waals surface area contributed by atoms with Gasteiger partial charge >= 0.3 is 5.97 Å². The van der Waals surface area contributed by atoms with Crippen molar-refractivity contribution in [2.45, 2.75) is 30.2 Å². The molecule has 1 aliphatic rings. The maximum atomic E-state index is 12.6. The van der Waals surface area contributed by atoms with Gasteiger partial charge in [-0.15, -0.1) is 12.6 Å². The summed E-state index contributed by atoms with van der Waals surface area (Å²) >= 11 is 16.5. The van der Waals surface area contributed by atoms with E-state index in [1.54, 1.807) is 29.2 Å². The molecule has 1 aliphatic heterocycles. The molecule has 2 N–H and O–H groups in total. The van der Waals surface area contributed by atoms with Crippen molar-refractivity contribution >= 4 is 59.7 Å². The highest BCUT2D eigenvalue weighted by molar-refractivity contribution is 7.80. The summed E-state index contributed by atoms with van der Waals surface area (Å²) in [6.07, 6.45) is 6.79. The number of halogens is 2. The van der Waals surface area contributed by atoms with Gasteiger partial charge in [-0.05, 0) is 36.6 Å². The van der Waals surface area contributed by atoms with Crippen molar-refractivity contribution in [3.8, 4) is 0 Å². The number of thiol groups is 1. The highest BCUT2D eigenvalue weighted by atomic mass is 35.5. The number of nitrogens with zero attached hydrogens (tertiary/aromatic N) is 3. The summed E-state index contributed by atoms with van der Waals surface area (Å²) in [7, 11) is 0. The molecule has 1 aromatic heterocycles. The van der Waals surface area contributed by atoms with E-state index in [-0.39, 0.29) is 24.2 Å². The number of hydrogen-bond acceptors (Lipinski definition) is 6. The van der Waals surface area contributed by atoms with Crippen LogP contribution in [-0.4, -0.2) is 56.9 Å². The van der Waals surface area contributed by atoms with E-state index in [0.29, 0.717) is 52.1 Å². The first-order chi connectivity index (χ1) is 15.8. The Morgan fingerprint density at radius 2 is 1.94 bits per heavy atom. The maximum Gasteiger partial charge on any atom is 0.326 e. The number of rotatable bonds is 7. The third kappa shape index (κ3) is 6.69. The topological polar surface area (TPSA) is 112 Å². The van der Waals surface area contributed by atoms with E-state index in [1.807, 2.05) is 0 Å². The summed E-state index contributed by atoms with van der Waals surface area (Å²) in [5, 5.41) is 12.7. The molecule has 2 aromatic rings. The molecule has 2 heterocycles. The SMILES string of the molecule is O=C(NC(Cc1ccncn1)C(=O)O)C1CCN(C(=O)/C=C/c2ccc(S)c(Cl)c2Cl)CC1. The number of hydrogen-bond donors (Lipinski definition) is 3. The zero-order valence-corrected chi connectivity index (χ0v) is 19.9. The number of piperidine rings is 1. The number of aromatic nitrogens is 2. The predicted molar refractivity (Wildman–Crippen MR) is 127 cm³/mol. The lowest BCUT2D eigenvalue weighted by atomic mass is 9.95. The molecule has 1 saturated heterocycles. The molecule has 0 saturated carbocycles. The number of nitrogens with one attached hydrogen (secondary N) is 1. The largest absolute Gasteiger partial charge is 0.480 e. The molecule has 0 spiro atoms. The van der Waals surface area contributed by atoms with Crippen LogP contribution in [0.4, 0.5) is 0 Å².